The van der Waals surface area contributed by atoms with Crippen molar-refractivity contribution in [1.82, 2.24) is 19.9 Å². The van der Waals surface area contributed by atoms with Crippen LogP contribution in [-0.2, 0) is 4.79 Å². The van der Waals surface area contributed by atoms with E-state index in [-0.39, 0.29) is 29.7 Å². The third-order valence-electron chi connectivity index (χ3n) is 8.23. The average Bonchev–Trinajstić information content (AvgIpc) is 2.93. The molecule has 2 saturated carbocycles. The van der Waals surface area contributed by atoms with Gasteiger partial charge in [-0.05, 0) is 51.4 Å². The Hall–Kier alpha value is -3.19. The number of carbonyl (C=O) groups excluding carboxylic acids is 1. The summed E-state index contributed by atoms with van der Waals surface area (Å²) in [5.74, 6) is 1.56. The van der Waals surface area contributed by atoms with Crippen molar-refractivity contribution in [3.63, 3.8) is 0 Å². The highest BCUT2D eigenvalue weighted by molar-refractivity contribution is 6.01. The van der Waals surface area contributed by atoms with Gasteiger partial charge in [-0.3, -0.25) is 4.79 Å². The van der Waals surface area contributed by atoms with Crippen molar-refractivity contribution in [3.05, 3.63) is 5.82 Å². The fourth-order valence-electron chi connectivity index (χ4n) is 5.58. The molecule has 2 atom stereocenters. The van der Waals surface area contributed by atoms with Crippen molar-refractivity contribution in [2.24, 2.45) is 22.6 Å². The first-order valence-corrected chi connectivity index (χ1v) is 15.2. The van der Waals surface area contributed by atoms with Crippen LogP contribution < -0.4 is 21.8 Å². The van der Waals surface area contributed by atoms with Crippen LogP contribution in [0, 0.1) is 11.8 Å². The van der Waals surface area contributed by atoms with E-state index in [2.05, 4.69) is 37.9 Å². The summed E-state index contributed by atoms with van der Waals surface area (Å²) in [4.78, 5) is 37.7. The molecule has 2 amide bonds. The van der Waals surface area contributed by atoms with E-state index < -0.39 is 12.7 Å². The lowest BCUT2D eigenvalue weighted by atomic mass is 9.80. The maximum absolute atomic E-state index is 12.0. The second-order valence-corrected chi connectivity index (χ2v) is 11.1. The number of nitrogens with two attached hydrogens (primary N) is 1. The number of nitrogens with zero attached hydrogens (tertiary/aromatic N) is 5. The number of nitrogens with one attached hydrogen (secondary N) is 3. The van der Waals surface area contributed by atoms with Crippen molar-refractivity contribution >= 4 is 35.2 Å². The molecule has 3 fully saturated rings. The smallest absolute Gasteiger partial charge is 0.433 e. The van der Waals surface area contributed by atoms with Crippen LogP contribution in [-0.4, -0.2) is 92.8 Å². The van der Waals surface area contributed by atoms with Gasteiger partial charge in [0.1, 0.15) is 12.3 Å². The van der Waals surface area contributed by atoms with Gasteiger partial charge in [-0.2, -0.15) is 4.99 Å². The summed E-state index contributed by atoms with van der Waals surface area (Å²) in [6.45, 7) is 9.79. The van der Waals surface area contributed by atoms with Gasteiger partial charge in [-0.1, -0.05) is 39.5 Å². The number of hydrogen-bond donors (Lipinski definition) is 6. The molecule has 0 radical (unpaired) electrons. The van der Waals surface area contributed by atoms with E-state index in [1.54, 1.807) is 4.90 Å². The fourth-order valence-corrected chi connectivity index (χ4v) is 5.58. The van der Waals surface area contributed by atoms with Crippen LogP contribution in [0.15, 0.2) is 4.99 Å². The van der Waals surface area contributed by atoms with Crippen LogP contribution in [0.5, 0.6) is 0 Å². The first kappa shape index (κ1) is 32.3. The Kier molecular flexibility index (Phi) is 12.4. The second-order valence-electron chi connectivity index (χ2n) is 11.1. The van der Waals surface area contributed by atoms with Crippen molar-refractivity contribution in [2.45, 2.75) is 91.1 Å². The van der Waals surface area contributed by atoms with Crippen LogP contribution in [0.2, 0.25) is 0 Å². The number of aliphatic hydroxyl groups excluding tert-OH is 1. The number of aromatic nitrogens is 2. The number of anilines is 3. The predicted molar refractivity (Wildman–Crippen MR) is 161 cm³/mol. The van der Waals surface area contributed by atoms with Gasteiger partial charge in [0.2, 0.25) is 5.91 Å². The fraction of sp³-hybridized carbons (Fsp3) is 0.750. The van der Waals surface area contributed by atoms with Crippen LogP contribution in [0.1, 0.15) is 84.9 Å². The largest absolute Gasteiger partial charge is 0.463 e. The molecule has 1 aromatic heterocycles. The van der Waals surface area contributed by atoms with E-state index in [9.17, 15) is 19.8 Å². The van der Waals surface area contributed by atoms with E-state index in [4.69, 9.17) is 5.73 Å². The number of aliphatic hydroxyl groups is 1. The molecule has 0 unspecified atom stereocenters. The molecule has 230 valence electrons. The Morgan fingerprint density at radius 1 is 1.07 bits per heavy atom. The quantitative estimate of drug-likeness (QED) is 0.178. The summed E-state index contributed by atoms with van der Waals surface area (Å²) in [6, 6.07) is 0.0865. The van der Waals surface area contributed by atoms with Crippen molar-refractivity contribution < 1.29 is 19.8 Å². The van der Waals surface area contributed by atoms with Gasteiger partial charge in [0.25, 0.3) is 0 Å². The third-order valence-corrected chi connectivity index (χ3v) is 8.23. The van der Waals surface area contributed by atoms with E-state index in [1.165, 1.54) is 38.5 Å². The molecular formula is C28H49N9O4. The lowest BCUT2D eigenvalue weighted by molar-refractivity contribution is -0.136. The summed E-state index contributed by atoms with van der Waals surface area (Å²) in [5.41, 5.74) is 10.1. The molecule has 0 bridgehead atoms. The molecule has 13 heteroatoms. The van der Waals surface area contributed by atoms with Gasteiger partial charge in [0.15, 0.2) is 23.3 Å². The Morgan fingerprint density at radius 3 is 2.34 bits per heavy atom. The van der Waals surface area contributed by atoms with Gasteiger partial charge in [0, 0.05) is 38.3 Å². The molecule has 7 N–H and O–H groups in total. The van der Waals surface area contributed by atoms with Crippen molar-refractivity contribution in [1.29, 1.82) is 0 Å². The average molecular weight is 576 g/mol. The molecule has 2 aliphatic carbocycles. The third kappa shape index (κ3) is 8.90. The molecule has 3 aliphatic rings. The monoisotopic (exact) mass is 575 g/mol. The number of carboxylic acid groups (broad SMARTS) is 1. The lowest BCUT2D eigenvalue weighted by Gasteiger charge is -2.40. The first-order valence-electron chi connectivity index (χ1n) is 15.2. The number of carbonyl (C=O) groups is 2. The maximum Gasteiger partial charge on any atom is 0.433 e. The number of amides is 2. The Morgan fingerprint density at radius 2 is 1.76 bits per heavy atom. The molecule has 13 nitrogen and oxygen atoms in total. The zero-order chi connectivity index (χ0) is 29.9. The van der Waals surface area contributed by atoms with Gasteiger partial charge >= 0.3 is 6.09 Å². The minimum Gasteiger partial charge on any atom is -0.463 e. The Balaban J connectivity index is 0.00000226. The molecule has 41 heavy (non-hydrogen) atoms. The summed E-state index contributed by atoms with van der Waals surface area (Å²) in [6.07, 6.45) is 8.18. The van der Waals surface area contributed by atoms with Gasteiger partial charge in [-0.15, -0.1) is 0 Å². The minimum absolute atomic E-state index is 0.0215. The molecular weight excluding hydrogens is 526 g/mol. The summed E-state index contributed by atoms with van der Waals surface area (Å²) >= 11 is 0. The number of hydrazine groups is 1. The normalized spacial score (nSPS) is 21.2. The topological polar surface area (TPSA) is 181 Å². The highest BCUT2D eigenvalue weighted by Crippen LogP contribution is 2.35. The Labute approximate surface area is 243 Å². The standard InChI is InChI=1S/C26H43N9O4.C2H6/c1-16-14-34(20(37)15-36)11-12-35(16)33-24-21(28-13-18-7-4-3-5-8-18)23(29-17(2)19-9-6-10-19)31-25(32-24)22(27)30-26(38)39;1-2/h16-19,28,36H,3-15H2,1-2H3,(H2,27,30)(H,38,39)(H2,29,31,32,33);1-2H3/t16-,17-;/m1./s1. The maximum atomic E-state index is 12.0. The number of piperazine rings is 1. The zero-order valence-corrected chi connectivity index (χ0v) is 25.0. The minimum atomic E-state index is -1.42. The van der Waals surface area contributed by atoms with E-state index in [0.717, 1.165) is 19.4 Å². The predicted octanol–water partition coefficient (Wildman–Crippen LogP) is 3.33. The van der Waals surface area contributed by atoms with Gasteiger partial charge in [-0.25, -0.2) is 19.8 Å². The van der Waals surface area contributed by atoms with Crippen molar-refractivity contribution in [2.75, 3.05) is 48.8 Å². The molecule has 0 spiro atoms. The highest BCUT2D eigenvalue weighted by Gasteiger charge is 2.30. The molecule has 4 rings (SSSR count). The van der Waals surface area contributed by atoms with Gasteiger partial charge < -0.3 is 36.9 Å². The number of amidine groups is 1. The summed E-state index contributed by atoms with van der Waals surface area (Å²) in [7, 11) is 0. The summed E-state index contributed by atoms with van der Waals surface area (Å²) in [5, 5.41) is 27.6. The molecule has 2 heterocycles. The first-order chi connectivity index (χ1) is 19.7. The van der Waals surface area contributed by atoms with E-state index in [0.29, 0.717) is 48.8 Å². The summed E-state index contributed by atoms with van der Waals surface area (Å²) < 4.78 is 0. The van der Waals surface area contributed by atoms with E-state index in [1.807, 2.05) is 25.8 Å². The molecule has 0 aromatic carbocycles. The van der Waals surface area contributed by atoms with Crippen molar-refractivity contribution in [3.8, 4) is 0 Å². The highest BCUT2D eigenvalue weighted by atomic mass is 16.4. The molecule has 1 saturated heterocycles. The SMILES string of the molecule is CC.C[C@@H]1CN(C(=O)CO)CCN1Nc1nc(/C(N)=N/C(=O)O)nc(N[C@H](C)C2CCC2)c1NCC1CCCCC1. The van der Waals surface area contributed by atoms with Crippen LogP contribution in [0.3, 0.4) is 0 Å². The zero-order valence-electron chi connectivity index (χ0n) is 25.0. The van der Waals surface area contributed by atoms with Crippen LogP contribution >= 0.6 is 0 Å². The van der Waals surface area contributed by atoms with Crippen LogP contribution in [0.25, 0.3) is 0 Å². The van der Waals surface area contributed by atoms with Gasteiger partial charge in [0.05, 0.1) is 0 Å². The number of hydrogen-bond acceptors (Lipinski definition) is 9. The number of rotatable bonds is 10. The Bertz CT molecular complexity index is 1040. The van der Waals surface area contributed by atoms with E-state index >= 15 is 0 Å². The number of aliphatic imine (C=N–C) groups is 1. The lowest BCUT2D eigenvalue weighted by Crippen LogP contribution is -2.56. The molecule has 1 aromatic rings. The molecule has 1 aliphatic heterocycles. The van der Waals surface area contributed by atoms with Crippen LogP contribution in [0.4, 0.5) is 22.1 Å². The second kappa shape index (κ2) is 15.7.